The molecule has 2 aliphatic rings. The number of aryl methyl sites for hydroxylation is 1. The lowest BCUT2D eigenvalue weighted by molar-refractivity contribution is -0.268. The number of hydrogen-bond donors (Lipinski definition) is 2. The van der Waals surface area contributed by atoms with E-state index in [2.05, 4.69) is 22.4 Å². The van der Waals surface area contributed by atoms with E-state index >= 15 is 0 Å². The zero-order valence-corrected chi connectivity index (χ0v) is 26.7. The van der Waals surface area contributed by atoms with Crippen LogP contribution in [0.15, 0.2) is 90.3 Å². The van der Waals surface area contributed by atoms with Gasteiger partial charge in [0.1, 0.15) is 19.0 Å². The lowest BCUT2D eigenvalue weighted by atomic mass is 9.91. The second-order valence-corrected chi connectivity index (χ2v) is 12.5. The highest BCUT2D eigenvalue weighted by molar-refractivity contribution is 7.99. The molecule has 1 aromatic heterocycles. The summed E-state index contributed by atoms with van der Waals surface area (Å²) in [4.78, 5) is 40.0. The van der Waals surface area contributed by atoms with Crippen molar-refractivity contribution in [2.45, 2.75) is 56.3 Å². The Hall–Kier alpha value is -4.56. The third kappa shape index (κ3) is 7.38. The number of imide groups is 1. The van der Waals surface area contributed by atoms with Crippen LogP contribution in [0.2, 0.25) is 0 Å². The monoisotopic (exact) mass is 657 g/mol. The predicted octanol–water partition coefficient (Wildman–Crippen LogP) is 4.45. The Morgan fingerprint density at radius 2 is 1.81 bits per heavy atom. The number of ether oxygens (including phenoxy) is 3. The molecule has 3 amide bonds. The van der Waals surface area contributed by atoms with Gasteiger partial charge < -0.3 is 29.2 Å². The summed E-state index contributed by atoms with van der Waals surface area (Å²) >= 11 is 1.53. The lowest BCUT2D eigenvalue weighted by Gasteiger charge is -2.41. The van der Waals surface area contributed by atoms with Crippen molar-refractivity contribution >= 4 is 35.4 Å². The van der Waals surface area contributed by atoms with E-state index in [0.29, 0.717) is 17.0 Å². The minimum absolute atomic E-state index is 0.0396. The number of thioether (sulfide) groups is 1. The number of aromatic nitrogens is 3. The zero-order chi connectivity index (χ0) is 32.9. The van der Waals surface area contributed by atoms with Crippen LogP contribution in [0.4, 0.5) is 10.5 Å². The summed E-state index contributed by atoms with van der Waals surface area (Å²) in [5.41, 5.74) is 3.50. The van der Waals surface area contributed by atoms with Gasteiger partial charge in [0.15, 0.2) is 11.4 Å². The van der Waals surface area contributed by atoms with E-state index in [-0.39, 0.29) is 37.8 Å². The van der Waals surface area contributed by atoms with E-state index in [1.165, 1.54) is 11.8 Å². The molecule has 3 heterocycles. The first-order chi connectivity index (χ1) is 22.8. The van der Waals surface area contributed by atoms with Crippen LogP contribution in [0.25, 0.3) is 0 Å². The van der Waals surface area contributed by atoms with Gasteiger partial charge in [-0.05, 0) is 28.8 Å². The second kappa shape index (κ2) is 14.5. The summed E-state index contributed by atoms with van der Waals surface area (Å²) < 4.78 is 20.2. The molecule has 2 N–H and O–H groups in total. The first kappa shape index (κ1) is 32.4. The van der Waals surface area contributed by atoms with Crippen LogP contribution >= 0.6 is 11.8 Å². The molecule has 2 aliphatic heterocycles. The minimum atomic E-state index is -1.05. The van der Waals surface area contributed by atoms with Crippen molar-refractivity contribution < 1.29 is 33.7 Å². The molecular formula is C34H35N5O7S. The molecule has 0 bridgehead atoms. The Morgan fingerprint density at radius 1 is 1.02 bits per heavy atom. The van der Waals surface area contributed by atoms with E-state index < -0.39 is 30.2 Å². The van der Waals surface area contributed by atoms with Crippen molar-refractivity contribution in [1.82, 2.24) is 20.1 Å². The number of nitrogens with one attached hydrogen (secondary N) is 1. The Morgan fingerprint density at radius 3 is 2.53 bits per heavy atom. The van der Waals surface area contributed by atoms with Gasteiger partial charge in [-0.2, -0.15) is 0 Å². The number of rotatable bonds is 10. The van der Waals surface area contributed by atoms with Crippen LogP contribution in [-0.2, 0) is 44.1 Å². The third-order valence-corrected chi connectivity index (χ3v) is 9.35. The topological polar surface area (TPSA) is 145 Å². The number of nitrogens with zero attached hydrogens (tertiary/aromatic N) is 4. The fourth-order valence-corrected chi connectivity index (χ4v) is 6.65. The number of aliphatic hydroxyl groups is 1. The Labute approximate surface area is 276 Å². The molecule has 6 rings (SSSR count). The molecule has 13 heteroatoms. The fourth-order valence-electron chi connectivity index (χ4n) is 5.60. The van der Waals surface area contributed by atoms with Gasteiger partial charge in [-0.1, -0.05) is 85.4 Å². The van der Waals surface area contributed by atoms with Crippen LogP contribution in [0, 0.1) is 5.92 Å². The first-order valence-electron chi connectivity index (χ1n) is 15.2. The standard InChI is InChI=1S/C34H35N5O7S/c1-21-28(19-47-33-37-35-20-38(33)2)45-32(46-30(21)24-13-11-22(17-40)12-14-24)25-9-6-10-26(15-25)39-29(41)16-27(31(39)42)36-34(43)44-18-23-7-4-3-5-8-23/h3-15,20-21,27-28,30,32,40H,16-19H2,1-2H3,(H,36,43)/t21-,27?,28+,30+,32+/m0/s1. The molecule has 4 aromatic rings. The van der Waals surface area contributed by atoms with Crippen LogP contribution < -0.4 is 10.2 Å². The third-order valence-electron chi connectivity index (χ3n) is 8.22. The number of carbonyl (C=O) groups excluding carboxylic acids is 3. The van der Waals surface area contributed by atoms with Gasteiger partial charge in [0.05, 0.1) is 30.9 Å². The van der Waals surface area contributed by atoms with E-state index in [1.54, 1.807) is 24.5 Å². The van der Waals surface area contributed by atoms with Gasteiger partial charge in [0.2, 0.25) is 5.91 Å². The van der Waals surface area contributed by atoms with Crippen LogP contribution in [0.5, 0.6) is 0 Å². The van der Waals surface area contributed by atoms with Gasteiger partial charge in [-0.25, -0.2) is 9.69 Å². The highest BCUT2D eigenvalue weighted by Gasteiger charge is 2.42. The summed E-state index contributed by atoms with van der Waals surface area (Å²) in [6.45, 7) is 2.05. The molecule has 3 aromatic carbocycles. The quantitative estimate of drug-likeness (QED) is 0.185. The minimum Gasteiger partial charge on any atom is -0.445 e. The number of aliphatic hydroxyl groups excluding tert-OH is 1. The van der Waals surface area contributed by atoms with Crippen molar-refractivity contribution in [1.29, 1.82) is 0 Å². The molecule has 0 spiro atoms. The van der Waals surface area contributed by atoms with Gasteiger partial charge >= 0.3 is 6.09 Å². The number of carbonyl (C=O) groups is 3. The second-order valence-electron chi connectivity index (χ2n) is 11.5. The van der Waals surface area contributed by atoms with Crippen molar-refractivity contribution in [2.24, 2.45) is 13.0 Å². The molecule has 0 aliphatic carbocycles. The summed E-state index contributed by atoms with van der Waals surface area (Å²) in [5, 5.41) is 21.0. The van der Waals surface area contributed by atoms with Crippen molar-refractivity contribution in [3.05, 3.63) is 107 Å². The highest BCUT2D eigenvalue weighted by Crippen LogP contribution is 2.43. The molecule has 0 radical (unpaired) electrons. The average Bonchev–Trinajstić information content (AvgIpc) is 3.63. The summed E-state index contributed by atoms with van der Waals surface area (Å²) in [7, 11) is 1.88. The van der Waals surface area contributed by atoms with Gasteiger partial charge in [0.25, 0.3) is 5.91 Å². The molecular weight excluding hydrogens is 622 g/mol. The van der Waals surface area contributed by atoms with Gasteiger partial charge in [0, 0.05) is 24.3 Å². The summed E-state index contributed by atoms with van der Waals surface area (Å²) in [6.07, 6.45) is -0.742. The van der Waals surface area contributed by atoms with Crippen molar-refractivity contribution in [2.75, 3.05) is 10.7 Å². The SMILES string of the molecule is C[C@H]1[C@@H](CSc2nncn2C)O[C@@H](c2cccc(N3C(=O)CC(NC(=O)OCc4ccccc4)C3=O)c2)O[C@H]1c1ccc(CO)cc1. The summed E-state index contributed by atoms with van der Waals surface area (Å²) in [6, 6.07) is 22.7. The van der Waals surface area contributed by atoms with E-state index in [4.69, 9.17) is 14.2 Å². The maximum atomic E-state index is 13.4. The maximum Gasteiger partial charge on any atom is 0.408 e. The molecule has 2 saturated heterocycles. The van der Waals surface area contributed by atoms with Crippen LogP contribution in [-0.4, -0.2) is 55.7 Å². The Bertz CT molecular complexity index is 1720. The summed E-state index contributed by atoms with van der Waals surface area (Å²) in [5.74, 6) is -0.470. The largest absolute Gasteiger partial charge is 0.445 e. The molecule has 5 atom stereocenters. The number of benzene rings is 3. The molecule has 2 fully saturated rings. The van der Waals surface area contributed by atoms with Crippen LogP contribution in [0.3, 0.4) is 0 Å². The number of anilines is 1. The zero-order valence-electron chi connectivity index (χ0n) is 25.9. The smallest absolute Gasteiger partial charge is 0.408 e. The molecule has 47 heavy (non-hydrogen) atoms. The van der Waals surface area contributed by atoms with Gasteiger partial charge in [-0.15, -0.1) is 10.2 Å². The van der Waals surface area contributed by atoms with Crippen molar-refractivity contribution in [3.63, 3.8) is 0 Å². The van der Waals surface area contributed by atoms with Crippen molar-refractivity contribution in [3.8, 4) is 0 Å². The van der Waals surface area contributed by atoms with Gasteiger partial charge in [-0.3, -0.25) is 9.59 Å². The maximum absolute atomic E-state index is 13.4. The predicted molar refractivity (Wildman–Crippen MR) is 172 cm³/mol. The van der Waals surface area contributed by atoms with E-state index in [9.17, 15) is 19.5 Å². The number of hydrogen-bond acceptors (Lipinski definition) is 10. The highest BCUT2D eigenvalue weighted by atomic mass is 32.2. The van der Waals surface area contributed by atoms with E-state index in [0.717, 1.165) is 26.7 Å². The fraction of sp³-hybridized carbons (Fsp3) is 0.324. The normalized spacial score (nSPS) is 22.8. The van der Waals surface area contributed by atoms with E-state index in [1.807, 2.05) is 72.3 Å². The number of alkyl carbamates (subject to hydrolysis) is 1. The average molecular weight is 658 g/mol. The Balaban J connectivity index is 1.18. The Kier molecular flexibility index (Phi) is 9.97. The van der Waals surface area contributed by atoms with Crippen LogP contribution in [0.1, 0.15) is 48.0 Å². The first-order valence-corrected chi connectivity index (χ1v) is 16.2. The molecule has 1 unspecified atom stereocenters. The molecule has 0 saturated carbocycles. The number of amides is 3. The molecule has 244 valence electrons. The molecule has 12 nitrogen and oxygen atoms in total. The lowest BCUT2D eigenvalue weighted by Crippen LogP contribution is -2.42.